The highest BCUT2D eigenvalue weighted by Crippen LogP contribution is 2.31. The Hall–Kier alpha value is -3.01. The number of hydrogen-bond acceptors (Lipinski definition) is 3. The van der Waals surface area contributed by atoms with E-state index in [-0.39, 0.29) is 5.91 Å². The largest absolute Gasteiger partial charge is 0.465 e. The molecule has 0 aromatic heterocycles. The van der Waals surface area contributed by atoms with Crippen molar-refractivity contribution >= 4 is 18.1 Å². The van der Waals surface area contributed by atoms with E-state index in [1.165, 1.54) is 13.2 Å². The van der Waals surface area contributed by atoms with Crippen molar-refractivity contribution in [1.82, 2.24) is 0 Å². The third kappa shape index (κ3) is 2.97. The summed E-state index contributed by atoms with van der Waals surface area (Å²) in [7, 11) is 1.32. The Morgan fingerprint density at radius 1 is 1.04 bits per heavy atom. The molecule has 0 N–H and O–H groups in total. The van der Waals surface area contributed by atoms with E-state index in [1.807, 2.05) is 60.7 Å². The fraction of sp³-hybridized carbons (Fsp3) is 0.105. The second kappa shape index (κ2) is 6.40. The number of methoxy groups -OCH3 is 1. The lowest BCUT2D eigenvalue weighted by molar-refractivity contribution is -0.468. The predicted octanol–water partition coefficient (Wildman–Crippen LogP) is 2.50. The number of amides is 1. The molecule has 4 heteroatoms. The van der Waals surface area contributed by atoms with Crippen LogP contribution in [0.5, 0.6) is 0 Å². The summed E-state index contributed by atoms with van der Waals surface area (Å²) >= 11 is 0. The summed E-state index contributed by atoms with van der Waals surface area (Å²) in [5, 5.41) is 0. The first-order chi connectivity index (χ1) is 11.2. The highest BCUT2D eigenvalue weighted by atomic mass is 16.5. The molecule has 114 valence electrons. The zero-order valence-electron chi connectivity index (χ0n) is 12.7. The predicted molar refractivity (Wildman–Crippen MR) is 86.2 cm³/mol. The molecule has 2 aromatic rings. The second-order valence-electron chi connectivity index (χ2n) is 5.19. The maximum Gasteiger partial charge on any atom is 0.413 e. The lowest BCUT2D eigenvalue weighted by atomic mass is 10.0. The molecule has 0 saturated heterocycles. The van der Waals surface area contributed by atoms with Gasteiger partial charge in [0.2, 0.25) is 6.04 Å². The van der Waals surface area contributed by atoms with Crippen LogP contribution in [0.4, 0.5) is 0 Å². The molecular weight excluding hydrogens is 290 g/mol. The lowest BCUT2D eigenvalue weighted by Crippen LogP contribution is -2.23. The Balaban J connectivity index is 2.10. The molecule has 4 nitrogen and oxygen atoms in total. The third-order valence-corrected chi connectivity index (χ3v) is 3.73. The lowest BCUT2D eigenvalue weighted by Gasteiger charge is -2.10. The van der Waals surface area contributed by atoms with Gasteiger partial charge >= 0.3 is 11.9 Å². The van der Waals surface area contributed by atoms with E-state index < -0.39 is 12.0 Å². The number of esters is 1. The Morgan fingerprint density at radius 2 is 1.65 bits per heavy atom. The fourth-order valence-corrected chi connectivity index (χ4v) is 2.67. The molecule has 1 atom stereocenters. The molecule has 1 aliphatic rings. The number of carbonyl (C=O) groups is 2. The Labute approximate surface area is 134 Å². The van der Waals surface area contributed by atoms with E-state index in [2.05, 4.69) is 0 Å². The maximum absolute atomic E-state index is 12.4. The number of benzene rings is 2. The highest BCUT2D eigenvalue weighted by molar-refractivity contribution is 6.01. The van der Waals surface area contributed by atoms with E-state index >= 15 is 0 Å². The first-order valence-electron chi connectivity index (χ1n) is 7.28. The van der Waals surface area contributed by atoms with E-state index in [1.54, 1.807) is 10.8 Å². The zero-order chi connectivity index (χ0) is 16.2. The molecule has 1 aliphatic heterocycles. The van der Waals surface area contributed by atoms with Crippen LogP contribution < -0.4 is 0 Å². The highest BCUT2D eigenvalue weighted by Gasteiger charge is 2.43. The Kier molecular flexibility index (Phi) is 4.15. The van der Waals surface area contributed by atoms with Crippen LogP contribution in [0.3, 0.4) is 0 Å². The van der Waals surface area contributed by atoms with Gasteiger partial charge in [0.05, 0.1) is 13.2 Å². The molecule has 1 amide bonds. The molecule has 2 aromatic carbocycles. The van der Waals surface area contributed by atoms with E-state index in [4.69, 9.17) is 4.74 Å². The first kappa shape index (κ1) is 14.9. The number of ether oxygens (including phenoxy) is 1. The minimum absolute atomic E-state index is 0.233. The minimum atomic E-state index is -0.490. The maximum atomic E-state index is 12.4. The van der Waals surface area contributed by atoms with Crippen LogP contribution in [-0.4, -0.2) is 29.8 Å². The van der Waals surface area contributed by atoms with Crippen molar-refractivity contribution in [2.45, 2.75) is 6.04 Å². The van der Waals surface area contributed by atoms with Crippen molar-refractivity contribution < 1.29 is 18.9 Å². The van der Waals surface area contributed by atoms with Gasteiger partial charge in [-0.1, -0.05) is 48.5 Å². The fourth-order valence-electron chi connectivity index (χ4n) is 2.67. The van der Waals surface area contributed by atoms with Gasteiger partial charge in [-0.3, -0.25) is 0 Å². The molecular formula is C19H16NO3+. The average Bonchev–Trinajstić information content (AvgIpc) is 2.92. The van der Waals surface area contributed by atoms with Crippen LogP contribution in [0.2, 0.25) is 0 Å². The van der Waals surface area contributed by atoms with Gasteiger partial charge in [-0.2, -0.15) is 4.58 Å². The molecule has 3 rings (SSSR count). The molecule has 0 bridgehead atoms. The smallest absolute Gasteiger partial charge is 0.413 e. The summed E-state index contributed by atoms with van der Waals surface area (Å²) < 4.78 is 6.40. The van der Waals surface area contributed by atoms with Crippen molar-refractivity contribution in [2.24, 2.45) is 0 Å². The SMILES string of the molecule is COC(=O)C1=CC(=O)[N+](=Cc2ccccc2)C1c1ccccc1. The van der Waals surface area contributed by atoms with Gasteiger partial charge in [0.1, 0.15) is 5.57 Å². The van der Waals surface area contributed by atoms with Gasteiger partial charge in [0, 0.05) is 11.1 Å². The monoisotopic (exact) mass is 306 g/mol. The standard InChI is InChI=1S/C19H16NO3/c1-23-19(22)16-12-17(21)20(13-14-8-4-2-5-9-14)18(16)15-10-6-3-7-11-15/h2-13,18H,1H3/q+1. The number of carbonyl (C=O) groups excluding carboxylic acids is 2. The zero-order valence-corrected chi connectivity index (χ0v) is 12.7. The quantitative estimate of drug-likeness (QED) is 0.646. The third-order valence-electron chi connectivity index (χ3n) is 3.73. The van der Waals surface area contributed by atoms with Crippen molar-refractivity contribution in [3.63, 3.8) is 0 Å². The van der Waals surface area contributed by atoms with Gasteiger partial charge in [0.15, 0.2) is 6.21 Å². The van der Waals surface area contributed by atoms with Gasteiger partial charge < -0.3 is 4.74 Å². The van der Waals surface area contributed by atoms with Gasteiger partial charge in [0.25, 0.3) is 0 Å². The van der Waals surface area contributed by atoms with Crippen LogP contribution in [0.15, 0.2) is 72.3 Å². The van der Waals surface area contributed by atoms with Gasteiger partial charge in [-0.15, -0.1) is 0 Å². The normalized spacial score (nSPS) is 18.8. The summed E-state index contributed by atoms with van der Waals surface area (Å²) in [6.07, 6.45) is 3.11. The van der Waals surface area contributed by atoms with Crippen LogP contribution in [0, 0.1) is 0 Å². The molecule has 0 saturated carbocycles. The number of hydrogen-bond donors (Lipinski definition) is 0. The van der Waals surface area contributed by atoms with Crippen LogP contribution in [0.25, 0.3) is 0 Å². The van der Waals surface area contributed by atoms with Crippen LogP contribution >= 0.6 is 0 Å². The molecule has 1 unspecified atom stereocenters. The summed E-state index contributed by atoms with van der Waals surface area (Å²) in [6, 6.07) is 18.5. The van der Waals surface area contributed by atoms with Crippen molar-refractivity contribution in [1.29, 1.82) is 0 Å². The molecule has 23 heavy (non-hydrogen) atoms. The number of nitrogens with zero attached hydrogens (tertiary/aromatic N) is 1. The second-order valence-corrected chi connectivity index (χ2v) is 5.19. The molecule has 0 fully saturated rings. The Morgan fingerprint density at radius 3 is 2.26 bits per heavy atom. The Bertz CT molecular complexity index is 792. The number of rotatable bonds is 3. The summed E-state index contributed by atoms with van der Waals surface area (Å²) in [5.74, 6) is -0.723. The molecule has 0 spiro atoms. The average molecular weight is 306 g/mol. The summed E-state index contributed by atoms with van der Waals surface area (Å²) in [4.78, 5) is 24.5. The van der Waals surface area contributed by atoms with Gasteiger partial charge in [-0.25, -0.2) is 9.59 Å². The topological polar surface area (TPSA) is 46.4 Å². The molecule has 0 radical (unpaired) electrons. The van der Waals surface area contributed by atoms with E-state index in [0.29, 0.717) is 5.57 Å². The van der Waals surface area contributed by atoms with E-state index in [9.17, 15) is 9.59 Å². The van der Waals surface area contributed by atoms with Crippen molar-refractivity contribution in [3.8, 4) is 0 Å². The van der Waals surface area contributed by atoms with Crippen LogP contribution in [-0.2, 0) is 14.3 Å². The minimum Gasteiger partial charge on any atom is -0.465 e. The molecule has 0 aliphatic carbocycles. The molecule has 1 heterocycles. The summed E-state index contributed by atoms with van der Waals surface area (Å²) in [6.45, 7) is 0. The van der Waals surface area contributed by atoms with Crippen molar-refractivity contribution in [2.75, 3.05) is 7.11 Å². The van der Waals surface area contributed by atoms with Crippen LogP contribution in [0.1, 0.15) is 17.2 Å². The summed E-state index contributed by atoms with van der Waals surface area (Å²) in [5.41, 5.74) is 2.10. The van der Waals surface area contributed by atoms with Crippen molar-refractivity contribution in [3.05, 3.63) is 83.4 Å². The first-order valence-corrected chi connectivity index (χ1v) is 7.28. The van der Waals surface area contributed by atoms with E-state index in [0.717, 1.165) is 11.1 Å². The van der Waals surface area contributed by atoms with Gasteiger partial charge in [-0.05, 0) is 12.1 Å².